The van der Waals surface area contributed by atoms with E-state index in [0.717, 1.165) is 12.8 Å². The molecule has 2 rings (SSSR count). The molecule has 3 heteroatoms. The second-order valence-electron chi connectivity index (χ2n) is 5.23. The van der Waals surface area contributed by atoms with Crippen molar-refractivity contribution in [1.82, 2.24) is 4.90 Å². The zero-order valence-corrected chi connectivity index (χ0v) is 10.7. The quantitative estimate of drug-likeness (QED) is 0.686. The number of rotatable bonds is 2. The summed E-state index contributed by atoms with van der Waals surface area (Å²) >= 11 is 0. The maximum Gasteiger partial charge on any atom is 0.414 e. The van der Waals surface area contributed by atoms with Crippen molar-refractivity contribution in [2.75, 3.05) is 6.61 Å². The Morgan fingerprint density at radius 3 is 2.71 bits per heavy atom. The van der Waals surface area contributed by atoms with Crippen molar-refractivity contribution in [1.29, 1.82) is 0 Å². The van der Waals surface area contributed by atoms with Crippen LogP contribution in [0.1, 0.15) is 46.0 Å². The number of nitrogens with zero attached hydrogens (tertiary/aromatic N) is 1. The van der Waals surface area contributed by atoms with Crippen LogP contribution < -0.4 is 0 Å². The molecule has 3 nitrogen and oxygen atoms in total. The fraction of sp³-hybridized carbons (Fsp3) is 0.714. The normalized spacial score (nSPS) is 24.9. The smallest absolute Gasteiger partial charge is 0.414 e. The number of ether oxygens (including phenoxy) is 1. The molecule has 0 aromatic rings. The third kappa shape index (κ3) is 2.92. The summed E-state index contributed by atoms with van der Waals surface area (Å²) in [6, 6.07) is 0.166. The molecule has 1 saturated carbocycles. The first kappa shape index (κ1) is 12.3. The second kappa shape index (κ2) is 5.42. The third-order valence-corrected chi connectivity index (χ3v) is 3.58. The molecule has 0 N–H and O–H groups in total. The van der Waals surface area contributed by atoms with Crippen molar-refractivity contribution in [3.05, 3.63) is 17.5 Å². The van der Waals surface area contributed by atoms with Crippen molar-refractivity contribution < 1.29 is 9.53 Å². The van der Waals surface area contributed by atoms with Gasteiger partial charge in [-0.3, -0.25) is 4.90 Å². The van der Waals surface area contributed by atoms with Crippen molar-refractivity contribution >= 4 is 6.09 Å². The summed E-state index contributed by atoms with van der Waals surface area (Å²) in [5, 5.41) is 0. The highest BCUT2D eigenvalue weighted by atomic mass is 16.6. The molecule has 0 unspecified atom stereocenters. The molecule has 1 aliphatic heterocycles. The average molecular weight is 235 g/mol. The van der Waals surface area contributed by atoms with E-state index in [2.05, 4.69) is 19.6 Å². The van der Waals surface area contributed by atoms with Crippen molar-refractivity contribution in [3.8, 4) is 0 Å². The van der Waals surface area contributed by atoms with Crippen molar-refractivity contribution in [2.24, 2.45) is 5.92 Å². The van der Waals surface area contributed by atoms with E-state index in [-0.39, 0.29) is 12.1 Å². The van der Waals surface area contributed by atoms with Gasteiger partial charge in [-0.15, -0.1) is 5.73 Å². The summed E-state index contributed by atoms with van der Waals surface area (Å²) in [4.78, 5) is 13.3. The van der Waals surface area contributed by atoms with Gasteiger partial charge in [-0.05, 0) is 37.2 Å². The van der Waals surface area contributed by atoms with E-state index in [1.165, 1.54) is 24.8 Å². The van der Waals surface area contributed by atoms with Gasteiger partial charge in [-0.2, -0.15) is 0 Å². The Morgan fingerprint density at radius 2 is 2.06 bits per heavy atom. The van der Waals surface area contributed by atoms with Gasteiger partial charge in [0.25, 0.3) is 0 Å². The molecule has 2 aliphatic rings. The van der Waals surface area contributed by atoms with Gasteiger partial charge in [0.2, 0.25) is 0 Å². The van der Waals surface area contributed by atoms with Gasteiger partial charge >= 0.3 is 6.09 Å². The number of hydrogen-bond donors (Lipinski definition) is 0. The molecule has 94 valence electrons. The summed E-state index contributed by atoms with van der Waals surface area (Å²) in [7, 11) is 0. The van der Waals surface area contributed by atoms with Crippen LogP contribution in [0.5, 0.6) is 0 Å². The molecule has 1 saturated heterocycles. The van der Waals surface area contributed by atoms with Crippen LogP contribution in [0.15, 0.2) is 17.5 Å². The van der Waals surface area contributed by atoms with Crippen molar-refractivity contribution in [3.63, 3.8) is 0 Å². The number of carbonyl (C=O) groups excluding carboxylic acids is 1. The zero-order valence-electron chi connectivity index (χ0n) is 10.7. The molecular weight excluding hydrogens is 214 g/mol. The minimum atomic E-state index is -0.229. The number of cyclic esters (lactones) is 1. The van der Waals surface area contributed by atoms with Crippen LogP contribution in [0.2, 0.25) is 0 Å². The maximum atomic E-state index is 11.6. The topological polar surface area (TPSA) is 29.5 Å². The highest BCUT2D eigenvalue weighted by molar-refractivity contribution is 5.71. The second-order valence-corrected chi connectivity index (χ2v) is 5.23. The molecule has 17 heavy (non-hydrogen) atoms. The van der Waals surface area contributed by atoms with Crippen LogP contribution in [0, 0.1) is 5.92 Å². The number of carbonyl (C=O) groups is 1. The number of hydrogen-bond acceptors (Lipinski definition) is 2. The molecule has 0 bridgehead atoms. The molecule has 0 aromatic heterocycles. The minimum absolute atomic E-state index is 0.166. The van der Waals surface area contributed by atoms with Crippen LogP contribution in [0.25, 0.3) is 0 Å². The SMILES string of the molecule is CC(C)[C@H]1COC(=O)N1C=C=C1CCCCC1. The van der Waals surface area contributed by atoms with Crippen molar-refractivity contribution in [2.45, 2.75) is 52.0 Å². The fourth-order valence-corrected chi connectivity index (χ4v) is 2.39. The fourth-order valence-electron chi connectivity index (χ4n) is 2.39. The number of allylic oxidation sites excluding steroid dienone is 1. The highest BCUT2D eigenvalue weighted by Crippen LogP contribution is 2.23. The lowest BCUT2D eigenvalue weighted by Gasteiger charge is -2.19. The molecule has 1 atom stereocenters. The standard InChI is InChI=1S/C14H21NO2/c1-11(2)13-10-17-14(16)15(13)9-8-12-6-4-3-5-7-12/h9,11,13H,3-7,10H2,1-2H3/t13-/m1/s1. The Labute approximate surface area is 103 Å². The lowest BCUT2D eigenvalue weighted by atomic mass is 9.96. The Bertz CT molecular complexity index is 345. The summed E-state index contributed by atoms with van der Waals surface area (Å²) in [6.07, 6.45) is 7.68. The molecular formula is C14H21NO2. The largest absolute Gasteiger partial charge is 0.447 e. The van der Waals surface area contributed by atoms with Crippen LogP contribution in [0.3, 0.4) is 0 Å². The molecule has 1 amide bonds. The van der Waals surface area contributed by atoms with E-state index in [9.17, 15) is 4.79 Å². The molecule has 0 radical (unpaired) electrons. The van der Waals surface area contributed by atoms with Crippen LogP contribution in [0.4, 0.5) is 4.79 Å². The van der Waals surface area contributed by atoms with Gasteiger partial charge in [0.15, 0.2) is 0 Å². The van der Waals surface area contributed by atoms with Gasteiger partial charge in [-0.25, -0.2) is 4.79 Å². The van der Waals surface area contributed by atoms with Gasteiger partial charge in [0, 0.05) is 0 Å². The Hall–Kier alpha value is -1.21. The van der Waals surface area contributed by atoms with E-state index < -0.39 is 0 Å². The van der Waals surface area contributed by atoms with E-state index in [4.69, 9.17) is 4.74 Å². The molecule has 2 fully saturated rings. The van der Waals surface area contributed by atoms with Crippen LogP contribution in [-0.4, -0.2) is 23.6 Å². The zero-order chi connectivity index (χ0) is 12.3. The van der Waals surface area contributed by atoms with Crippen LogP contribution >= 0.6 is 0 Å². The molecule has 0 spiro atoms. The predicted octanol–water partition coefficient (Wildman–Crippen LogP) is 3.47. The molecule has 0 aromatic carbocycles. The summed E-state index contributed by atoms with van der Waals surface area (Å²) in [5.41, 5.74) is 4.64. The Balaban J connectivity index is 2.09. The third-order valence-electron chi connectivity index (χ3n) is 3.58. The van der Waals surface area contributed by atoms with Gasteiger partial charge in [0.05, 0.1) is 12.2 Å². The first-order valence-corrected chi connectivity index (χ1v) is 6.58. The number of amides is 1. The van der Waals surface area contributed by atoms with Gasteiger partial charge in [0.1, 0.15) is 6.61 Å². The van der Waals surface area contributed by atoms with Gasteiger partial charge in [-0.1, -0.05) is 20.3 Å². The van der Waals surface area contributed by atoms with E-state index >= 15 is 0 Å². The first-order chi connectivity index (χ1) is 8.18. The van der Waals surface area contributed by atoms with E-state index in [1.807, 2.05) is 0 Å². The highest BCUT2D eigenvalue weighted by Gasteiger charge is 2.33. The minimum Gasteiger partial charge on any atom is -0.447 e. The summed E-state index contributed by atoms with van der Waals surface area (Å²) in [5.74, 6) is 0.413. The average Bonchev–Trinajstić information content (AvgIpc) is 2.69. The monoisotopic (exact) mass is 235 g/mol. The molecule has 1 heterocycles. The van der Waals surface area contributed by atoms with Crippen LogP contribution in [-0.2, 0) is 4.74 Å². The Kier molecular flexibility index (Phi) is 3.90. The van der Waals surface area contributed by atoms with E-state index in [0.29, 0.717) is 12.5 Å². The lowest BCUT2D eigenvalue weighted by Crippen LogP contribution is -2.32. The predicted molar refractivity (Wildman–Crippen MR) is 66.5 cm³/mol. The summed E-state index contributed by atoms with van der Waals surface area (Å²) < 4.78 is 5.09. The summed E-state index contributed by atoms with van der Waals surface area (Å²) in [6.45, 7) is 4.73. The first-order valence-electron chi connectivity index (χ1n) is 6.58. The molecule has 1 aliphatic carbocycles. The van der Waals surface area contributed by atoms with Gasteiger partial charge < -0.3 is 4.74 Å². The van der Waals surface area contributed by atoms with E-state index in [1.54, 1.807) is 11.1 Å². The maximum absolute atomic E-state index is 11.6. The lowest BCUT2D eigenvalue weighted by molar-refractivity contribution is 0.166. The Morgan fingerprint density at radius 1 is 1.35 bits per heavy atom.